The molecule has 2 aromatic heterocycles. The molecule has 4 heteroatoms. The van der Waals surface area contributed by atoms with Gasteiger partial charge in [0.05, 0.1) is 5.69 Å². The van der Waals surface area contributed by atoms with Crippen LogP contribution in [0.2, 0.25) is 0 Å². The van der Waals surface area contributed by atoms with Crippen LogP contribution in [0, 0.1) is 0 Å². The minimum atomic E-state index is 0.838. The van der Waals surface area contributed by atoms with Crippen LogP contribution >= 0.6 is 0 Å². The third-order valence-corrected chi connectivity index (χ3v) is 23.9. The zero-order chi connectivity index (χ0) is 79.4. The van der Waals surface area contributed by atoms with Gasteiger partial charge in [0.15, 0.2) is 0 Å². The van der Waals surface area contributed by atoms with Gasteiger partial charge in [0.2, 0.25) is 0 Å². The van der Waals surface area contributed by atoms with E-state index in [-0.39, 0.29) is 0 Å². The van der Waals surface area contributed by atoms with Crippen LogP contribution in [0.3, 0.4) is 0 Å². The fourth-order valence-electron chi connectivity index (χ4n) is 17.9. The number of rotatable bonds is 17. The van der Waals surface area contributed by atoms with Crippen molar-refractivity contribution >= 4 is 99.5 Å². The van der Waals surface area contributed by atoms with Crippen molar-refractivity contribution in [3.63, 3.8) is 0 Å². The first-order chi connectivity index (χ1) is 59.4. The molecule has 0 spiro atoms. The lowest BCUT2D eigenvalue weighted by atomic mass is 9.89. The van der Waals surface area contributed by atoms with Crippen molar-refractivity contribution in [2.45, 2.75) is 0 Å². The van der Waals surface area contributed by atoms with Crippen molar-refractivity contribution in [2.75, 3.05) is 9.80 Å². The standard InChI is InChI=1S/C116H76N2O2/c1-4-21-77(22-5-1)78-41-56-94(57-42-78)117(96-62-47-85(48-63-96)101-37-19-29-82-27-10-12-33-99(82)101)95-58-43-79(44-59-95)89-52-67-104(108(73-89)92-54-69-114-109(75-92)106-36-15-17-40-113(106)119-114)91-32-18-31-87(71-91)90-53-68-115-110(74-90)111-76-93(55-70-116(111)120-115)107-72-88(51-66-103(107)81-23-6-2-7-24-81)80-45-60-97(61-46-80)118(112-39-16-14-35-105(112)84-25-8-3-9-26-84)98-64-49-86(50-65-98)102-38-20-30-83-28-11-13-34-100(83)102/h1-76H. The first-order valence-corrected chi connectivity index (χ1v) is 41.1. The summed E-state index contributed by atoms with van der Waals surface area (Å²) in [4.78, 5) is 4.75. The molecule has 22 aromatic rings. The Balaban J connectivity index is 0.602. The topological polar surface area (TPSA) is 32.8 Å². The average Bonchev–Trinajstić information content (AvgIpc) is 1.60. The van der Waals surface area contributed by atoms with E-state index in [9.17, 15) is 0 Å². The van der Waals surface area contributed by atoms with Crippen LogP contribution < -0.4 is 9.80 Å². The molecule has 0 aliphatic heterocycles. The van der Waals surface area contributed by atoms with E-state index in [1.807, 2.05) is 6.07 Å². The van der Waals surface area contributed by atoms with Gasteiger partial charge in [0.25, 0.3) is 0 Å². The van der Waals surface area contributed by atoms with Gasteiger partial charge >= 0.3 is 0 Å². The molecule has 0 aliphatic carbocycles. The van der Waals surface area contributed by atoms with Crippen molar-refractivity contribution in [2.24, 2.45) is 0 Å². The molecule has 0 aliphatic rings. The van der Waals surface area contributed by atoms with Gasteiger partial charge in [0.1, 0.15) is 22.3 Å². The van der Waals surface area contributed by atoms with Crippen molar-refractivity contribution in [3.8, 4) is 122 Å². The third-order valence-electron chi connectivity index (χ3n) is 23.9. The van der Waals surface area contributed by atoms with Crippen LogP contribution in [-0.2, 0) is 0 Å². The Kier molecular flexibility index (Phi) is 17.9. The minimum Gasteiger partial charge on any atom is -0.456 e. The lowest BCUT2D eigenvalue weighted by Crippen LogP contribution is -2.11. The van der Waals surface area contributed by atoms with E-state index in [1.165, 1.54) is 54.9 Å². The molecule has 20 aromatic carbocycles. The highest BCUT2D eigenvalue weighted by Gasteiger charge is 2.23. The van der Waals surface area contributed by atoms with Crippen molar-refractivity contribution in [1.29, 1.82) is 0 Å². The van der Waals surface area contributed by atoms with Crippen LogP contribution in [0.5, 0.6) is 0 Å². The molecule has 4 nitrogen and oxygen atoms in total. The molecule has 0 N–H and O–H groups in total. The Morgan fingerprint density at radius 1 is 0.133 bits per heavy atom. The van der Waals surface area contributed by atoms with Gasteiger partial charge in [-0.3, -0.25) is 0 Å². The van der Waals surface area contributed by atoms with E-state index in [0.29, 0.717) is 0 Å². The molecule has 0 fully saturated rings. The average molecular weight is 1530 g/mol. The van der Waals surface area contributed by atoms with E-state index < -0.39 is 0 Å². The molecular weight excluding hydrogens is 1450 g/mol. The second-order valence-electron chi connectivity index (χ2n) is 31.0. The summed E-state index contributed by atoms with van der Waals surface area (Å²) in [6.45, 7) is 0. The second-order valence-corrected chi connectivity index (χ2v) is 31.0. The molecule has 0 saturated heterocycles. The molecule has 22 rings (SSSR count). The van der Waals surface area contributed by atoms with Gasteiger partial charge in [-0.25, -0.2) is 0 Å². The molecule has 0 radical (unpaired) electrons. The van der Waals surface area contributed by atoms with Crippen molar-refractivity contribution in [3.05, 3.63) is 461 Å². The van der Waals surface area contributed by atoms with Crippen LogP contribution in [0.15, 0.2) is 470 Å². The van der Waals surface area contributed by atoms with E-state index in [4.69, 9.17) is 8.83 Å². The number of para-hydroxylation sites is 2. The number of anilines is 6. The highest BCUT2D eigenvalue weighted by molar-refractivity contribution is 6.10. The monoisotopic (exact) mass is 1530 g/mol. The highest BCUT2D eigenvalue weighted by atomic mass is 16.3. The quantitative estimate of drug-likeness (QED) is 0.0910. The van der Waals surface area contributed by atoms with Crippen LogP contribution in [-0.4, -0.2) is 0 Å². The third kappa shape index (κ3) is 13.2. The SMILES string of the molecule is c1ccc(-c2ccc(N(c3ccc(-c4ccc(-c5cccc(-c6ccc7oc8ccc(-c9cc(-c%10ccc(N(c%11ccc(-c%12cccc%13ccccc%12%13)cc%11)c%11ccccc%11-c%11ccccc%11)cc%10)ccc9-c9ccccc9)cc8c7c6)c5)c(-c5ccc6oc7ccccc7c6c5)c4)cc3)c3ccc(-c4cccc5ccccc45)cc3)cc2)cc1. The zero-order valence-electron chi connectivity index (χ0n) is 65.6. The predicted octanol–water partition coefficient (Wildman–Crippen LogP) is 33.1. The maximum atomic E-state index is 6.76. The number of fused-ring (bicyclic) bond motifs is 8. The Hall–Kier alpha value is -15.9. The molecule has 0 atom stereocenters. The normalized spacial score (nSPS) is 11.5. The molecule has 2 heterocycles. The molecular formula is C116H76N2O2. The predicted molar refractivity (Wildman–Crippen MR) is 505 cm³/mol. The molecule has 0 unspecified atom stereocenters. The highest BCUT2D eigenvalue weighted by Crippen LogP contribution is 2.48. The molecule has 0 saturated carbocycles. The van der Waals surface area contributed by atoms with Gasteiger partial charge in [-0.2, -0.15) is 0 Å². The smallest absolute Gasteiger partial charge is 0.135 e. The maximum absolute atomic E-state index is 6.76. The summed E-state index contributed by atoms with van der Waals surface area (Å²) in [7, 11) is 0. The summed E-state index contributed by atoms with van der Waals surface area (Å²) in [6.07, 6.45) is 0. The van der Waals surface area contributed by atoms with Gasteiger partial charge in [-0.1, -0.05) is 334 Å². The minimum absolute atomic E-state index is 0.838. The largest absolute Gasteiger partial charge is 0.456 e. The van der Waals surface area contributed by atoms with Crippen molar-refractivity contribution < 1.29 is 8.83 Å². The number of furan rings is 2. The van der Waals surface area contributed by atoms with E-state index in [1.54, 1.807) is 0 Å². The summed E-state index contributed by atoms with van der Waals surface area (Å²) in [5.74, 6) is 0. The molecule has 0 amide bonds. The second kappa shape index (κ2) is 30.4. The fourth-order valence-corrected chi connectivity index (χ4v) is 17.9. The lowest BCUT2D eigenvalue weighted by molar-refractivity contribution is 0.668. The first kappa shape index (κ1) is 70.7. The van der Waals surface area contributed by atoms with Gasteiger partial charge in [-0.15, -0.1) is 0 Å². The van der Waals surface area contributed by atoms with Crippen molar-refractivity contribution in [1.82, 2.24) is 0 Å². The number of hydrogen-bond acceptors (Lipinski definition) is 4. The Morgan fingerprint density at radius 2 is 0.417 bits per heavy atom. The van der Waals surface area contributed by atoms with Gasteiger partial charge in [0, 0.05) is 55.5 Å². The fraction of sp³-hybridized carbons (Fsp3) is 0. The Bertz CT molecular complexity index is 7590. The summed E-state index contributed by atoms with van der Waals surface area (Å²) in [5, 5.41) is 9.22. The van der Waals surface area contributed by atoms with E-state index in [0.717, 1.165) is 167 Å². The molecule has 120 heavy (non-hydrogen) atoms. The number of nitrogens with zero attached hydrogens (tertiary/aromatic N) is 2. The molecule has 562 valence electrons. The maximum Gasteiger partial charge on any atom is 0.135 e. The Morgan fingerprint density at radius 3 is 0.933 bits per heavy atom. The summed E-state index contributed by atoms with van der Waals surface area (Å²) >= 11 is 0. The Labute approximate surface area is 696 Å². The summed E-state index contributed by atoms with van der Waals surface area (Å²) in [5.41, 5.74) is 34.9. The van der Waals surface area contributed by atoms with Crippen LogP contribution in [0.1, 0.15) is 0 Å². The summed E-state index contributed by atoms with van der Waals surface area (Å²) in [6, 6.07) is 168. The van der Waals surface area contributed by atoms with E-state index in [2.05, 4.69) is 465 Å². The van der Waals surface area contributed by atoms with Crippen LogP contribution in [0.25, 0.3) is 188 Å². The van der Waals surface area contributed by atoms with Gasteiger partial charge in [-0.05, 0) is 266 Å². The van der Waals surface area contributed by atoms with Crippen LogP contribution in [0.4, 0.5) is 34.1 Å². The molecule has 0 bridgehead atoms. The zero-order valence-corrected chi connectivity index (χ0v) is 65.6. The first-order valence-electron chi connectivity index (χ1n) is 41.1. The van der Waals surface area contributed by atoms with E-state index >= 15 is 0 Å². The number of hydrogen-bond donors (Lipinski definition) is 0. The number of benzene rings is 20. The lowest BCUT2D eigenvalue weighted by Gasteiger charge is -2.28. The summed E-state index contributed by atoms with van der Waals surface area (Å²) < 4.78 is 13.2. The van der Waals surface area contributed by atoms with Gasteiger partial charge < -0.3 is 18.6 Å².